The lowest BCUT2D eigenvalue weighted by molar-refractivity contribution is -0.115. The van der Waals surface area contributed by atoms with Crippen molar-refractivity contribution in [2.24, 2.45) is 0 Å². The Morgan fingerprint density at radius 2 is 1.96 bits per heavy atom. The minimum Gasteiger partial charge on any atom is -0.445 e. The highest BCUT2D eigenvalue weighted by molar-refractivity contribution is 5.99. The maximum absolute atomic E-state index is 11.7. The van der Waals surface area contributed by atoms with Gasteiger partial charge in [-0.05, 0) is 22.8 Å². The van der Waals surface area contributed by atoms with Crippen molar-refractivity contribution in [1.82, 2.24) is 5.32 Å². The Morgan fingerprint density at radius 3 is 2.73 bits per heavy atom. The van der Waals surface area contributed by atoms with Crippen LogP contribution < -0.4 is 10.6 Å². The third-order valence-electron chi connectivity index (χ3n) is 4.13. The molecule has 2 amide bonds. The molecule has 2 atom stereocenters. The number of anilines is 1. The standard InChI is InChI=1S/C19H20N2O5/c22-16(10-20-19(25)26-11-12-4-2-1-3-5-12)18(24)13-6-7-15-14(8-13)9-17(23)21-15/h1-8,16,18,22,24H,9-11H2,(H,20,25)(H,21,23). The molecule has 1 aliphatic heterocycles. The fraction of sp³-hybridized carbons (Fsp3) is 0.263. The van der Waals surface area contributed by atoms with Gasteiger partial charge in [-0.25, -0.2) is 4.79 Å². The van der Waals surface area contributed by atoms with E-state index in [0.717, 1.165) is 11.1 Å². The Labute approximate surface area is 150 Å². The number of ether oxygens (including phenoxy) is 1. The first-order valence-electron chi connectivity index (χ1n) is 8.26. The molecule has 7 nitrogen and oxygen atoms in total. The summed E-state index contributed by atoms with van der Waals surface area (Å²) in [5.74, 6) is -0.102. The van der Waals surface area contributed by atoms with Crippen molar-refractivity contribution in [3.63, 3.8) is 0 Å². The lowest BCUT2D eigenvalue weighted by Gasteiger charge is -2.19. The molecule has 0 saturated carbocycles. The first kappa shape index (κ1) is 17.9. The van der Waals surface area contributed by atoms with Gasteiger partial charge >= 0.3 is 6.09 Å². The SMILES string of the molecule is O=C1Cc2cc(C(O)C(O)CNC(=O)OCc3ccccc3)ccc2N1. The van der Waals surface area contributed by atoms with Gasteiger partial charge in [0.1, 0.15) is 18.8 Å². The Morgan fingerprint density at radius 1 is 1.19 bits per heavy atom. The molecule has 0 spiro atoms. The molecule has 0 aliphatic carbocycles. The molecule has 1 heterocycles. The van der Waals surface area contributed by atoms with E-state index in [2.05, 4.69) is 10.6 Å². The molecule has 0 radical (unpaired) electrons. The number of carbonyl (C=O) groups is 2. The van der Waals surface area contributed by atoms with Crippen LogP contribution in [0.15, 0.2) is 48.5 Å². The van der Waals surface area contributed by atoms with Crippen molar-refractivity contribution in [2.75, 3.05) is 11.9 Å². The van der Waals surface area contributed by atoms with E-state index >= 15 is 0 Å². The van der Waals surface area contributed by atoms with Crippen LogP contribution in [0.4, 0.5) is 10.5 Å². The van der Waals surface area contributed by atoms with Crippen molar-refractivity contribution < 1.29 is 24.5 Å². The number of alkyl carbamates (subject to hydrolysis) is 1. The smallest absolute Gasteiger partial charge is 0.407 e. The molecule has 7 heteroatoms. The normalized spacial score (nSPS) is 14.9. The zero-order valence-corrected chi connectivity index (χ0v) is 14.0. The fourth-order valence-corrected chi connectivity index (χ4v) is 2.73. The van der Waals surface area contributed by atoms with Crippen LogP contribution in [0.1, 0.15) is 22.8 Å². The van der Waals surface area contributed by atoms with E-state index in [0.29, 0.717) is 11.3 Å². The van der Waals surface area contributed by atoms with E-state index in [1.165, 1.54) is 0 Å². The largest absolute Gasteiger partial charge is 0.445 e. The maximum atomic E-state index is 11.7. The van der Waals surface area contributed by atoms with Gasteiger partial charge < -0.3 is 25.6 Å². The van der Waals surface area contributed by atoms with Crippen LogP contribution >= 0.6 is 0 Å². The molecule has 2 aromatic rings. The molecule has 0 bridgehead atoms. The second-order valence-corrected chi connectivity index (χ2v) is 6.10. The summed E-state index contributed by atoms with van der Waals surface area (Å²) in [6, 6.07) is 14.2. The fourth-order valence-electron chi connectivity index (χ4n) is 2.73. The number of nitrogens with one attached hydrogen (secondary N) is 2. The topological polar surface area (TPSA) is 108 Å². The highest BCUT2D eigenvalue weighted by atomic mass is 16.5. The monoisotopic (exact) mass is 356 g/mol. The van der Waals surface area contributed by atoms with Gasteiger partial charge in [-0.15, -0.1) is 0 Å². The summed E-state index contributed by atoms with van der Waals surface area (Å²) >= 11 is 0. The number of aliphatic hydroxyl groups excluding tert-OH is 2. The quantitative estimate of drug-likeness (QED) is 0.627. The maximum Gasteiger partial charge on any atom is 0.407 e. The summed E-state index contributed by atoms with van der Waals surface area (Å²) in [4.78, 5) is 23.1. The molecule has 2 aromatic carbocycles. The molecule has 26 heavy (non-hydrogen) atoms. The van der Waals surface area contributed by atoms with Gasteiger partial charge in [0.05, 0.1) is 6.42 Å². The molecular formula is C19H20N2O5. The van der Waals surface area contributed by atoms with Gasteiger partial charge in [0.25, 0.3) is 0 Å². The van der Waals surface area contributed by atoms with Crippen LogP contribution in [0.25, 0.3) is 0 Å². The van der Waals surface area contributed by atoms with E-state index in [9.17, 15) is 19.8 Å². The van der Waals surface area contributed by atoms with Crippen molar-refractivity contribution >= 4 is 17.7 Å². The van der Waals surface area contributed by atoms with E-state index in [1.54, 1.807) is 18.2 Å². The number of hydrogen-bond acceptors (Lipinski definition) is 5. The molecular weight excluding hydrogens is 336 g/mol. The number of hydrogen-bond donors (Lipinski definition) is 4. The van der Waals surface area contributed by atoms with Gasteiger partial charge in [-0.3, -0.25) is 4.79 Å². The summed E-state index contributed by atoms with van der Waals surface area (Å²) in [5.41, 5.74) is 2.81. The molecule has 4 N–H and O–H groups in total. The molecule has 3 rings (SSSR count). The van der Waals surface area contributed by atoms with Gasteiger partial charge in [0.2, 0.25) is 5.91 Å². The van der Waals surface area contributed by atoms with Crippen LogP contribution in [-0.2, 0) is 22.6 Å². The van der Waals surface area contributed by atoms with E-state index in [4.69, 9.17) is 4.74 Å². The second kappa shape index (κ2) is 7.99. The van der Waals surface area contributed by atoms with Crippen LogP contribution in [-0.4, -0.2) is 34.9 Å². The summed E-state index contributed by atoms with van der Waals surface area (Å²) in [7, 11) is 0. The number of aliphatic hydroxyl groups is 2. The number of amides is 2. The average molecular weight is 356 g/mol. The lowest BCUT2D eigenvalue weighted by Crippen LogP contribution is -2.35. The first-order valence-corrected chi connectivity index (χ1v) is 8.26. The Bertz CT molecular complexity index is 794. The zero-order valence-electron chi connectivity index (χ0n) is 14.0. The number of rotatable bonds is 6. The van der Waals surface area contributed by atoms with Gasteiger partial charge in [-0.1, -0.05) is 42.5 Å². The summed E-state index contributed by atoms with van der Waals surface area (Å²) in [6.45, 7) is -0.0414. The summed E-state index contributed by atoms with van der Waals surface area (Å²) in [5, 5.41) is 25.5. The molecule has 0 saturated heterocycles. The zero-order chi connectivity index (χ0) is 18.5. The van der Waals surface area contributed by atoms with Gasteiger partial charge in [0, 0.05) is 12.2 Å². The predicted octanol–water partition coefficient (Wildman–Crippen LogP) is 1.50. The molecule has 2 unspecified atom stereocenters. The van der Waals surface area contributed by atoms with Crippen molar-refractivity contribution in [1.29, 1.82) is 0 Å². The molecule has 1 aliphatic rings. The van der Waals surface area contributed by atoms with Gasteiger partial charge in [-0.2, -0.15) is 0 Å². The minimum absolute atomic E-state index is 0.102. The Kier molecular flexibility index (Phi) is 5.50. The third-order valence-corrected chi connectivity index (χ3v) is 4.13. The first-order chi connectivity index (χ1) is 12.5. The van der Waals surface area contributed by atoms with Crippen LogP contribution in [0.3, 0.4) is 0 Å². The van der Waals surface area contributed by atoms with Crippen molar-refractivity contribution in [3.05, 3.63) is 65.2 Å². The van der Waals surface area contributed by atoms with E-state index in [1.807, 2.05) is 30.3 Å². The highest BCUT2D eigenvalue weighted by Crippen LogP contribution is 2.27. The third kappa shape index (κ3) is 4.38. The lowest BCUT2D eigenvalue weighted by atomic mass is 10.0. The number of fused-ring (bicyclic) bond motifs is 1. The molecule has 0 fully saturated rings. The highest BCUT2D eigenvalue weighted by Gasteiger charge is 2.23. The molecule has 136 valence electrons. The minimum atomic E-state index is -1.21. The number of carbonyl (C=O) groups excluding carboxylic acids is 2. The van der Waals surface area contributed by atoms with Crippen molar-refractivity contribution in [2.45, 2.75) is 25.2 Å². The number of benzene rings is 2. The average Bonchev–Trinajstić information content (AvgIpc) is 3.03. The summed E-state index contributed by atoms with van der Waals surface area (Å²) in [6.07, 6.45) is -2.83. The van der Waals surface area contributed by atoms with Crippen LogP contribution in [0.2, 0.25) is 0 Å². The van der Waals surface area contributed by atoms with Crippen LogP contribution in [0, 0.1) is 0 Å². The second-order valence-electron chi connectivity index (χ2n) is 6.10. The Balaban J connectivity index is 1.48. The molecule has 0 aromatic heterocycles. The van der Waals surface area contributed by atoms with Gasteiger partial charge in [0.15, 0.2) is 0 Å². The van der Waals surface area contributed by atoms with Crippen LogP contribution in [0.5, 0.6) is 0 Å². The Hall–Kier alpha value is -2.90. The van der Waals surface area contributed by atoms with Crippen molar-refractivity contribution in [3.8, 4) is 0 Å². The van der Waals surface area contributed by atoms with E-state index in [-0.39, 0.29) is 25.5 Å². The summed E-state index contributed by atoms with van der Waals surface area (Å²) < 4.78 is 5.05. The van der Waals surface area contributed by atoms with E-state index < -0.39 is 18.3 Å². The predicted molar refractivity (Wildman–Crippen MR) is 94.4 cm³/mol.